The maximum Gasteiger partial charge on any atom is 0.251 e. The van der Waals surface area contributed by atoms with Gasteiger partial charge in [0.15, 0.2) is 0 Å². The Labute approximate surface area is 143 Å². The number of sulfonamides is 1. The van der Waals surface area contributed by atoms with Crippen LogP contribution < -0.4 is 9.62 Å². The minimum atomic E-state index is -3.33. The van der Waals surface area contributed by atoms with Gasteiger partial charge < -0.3 is 5.32 Å². The second-order valence-electron chi connectivity index (χ2n) is 5.84. The van der Waals surface area contributed by atoms with E-state index in [2.05, 4.69) is 5.32 Å². The summed E-state index contributed by atoms with van der Waals surface area (Å²) in [5, 5.41) is 2.95. The Morgan fingerprint density at radius 2 is 1.75 bits per heavy atom. The average Bonchev–Trinajstić information content (AvgIpc) is 2.54. The second-order valence-corrected chi connectivity index (χ2v) is 7.85. The number of carbonyl (C=O) groups excluding carboxylic acids is 1. The van der Waals surface area contributed by atoms with Gasteiger partial charge >= 0.3 is 0 Å². The van der Waals surface area contributed by atoms with E-state index in [-0.39, 0.29) is 11.9 Å². The molecule has 0 spiro atoms. The van der Waals surface area contributed by atoms with E-state index in [1.54, 1.807) is 25.1 Å². The lowest BCUT2D eigenvalue weighted by molar-refractivity contribution is 0.0940. The van der Waals surface area contributed by atoms with Crippen LogP contribution in [0, 0.1) is 6.92 Å². The Bertz CT molecular complexity index is 833. The topological polar surface area (TPSA) is 66.5 Å². The molecule has 0 fully saturated rings. The van der Waals surface area contributed by atoms with Crippen molar-refractivity contribution in [1.29, 1.82) is 0 Å². The molecule has 1 atom stereocenters. The Kier molecular flexibility index (Phi) is 5.29. The molecule has 6 heteroatoms. The Balaban J connectivity index is 2.18. The molecule has 0 aromatic heterocycles. The number of aryl methyl sites for hydroxylation is 1. The number of nitrogens with one attached hydrogen (secondary N) is 1. The largest absolute Gasteiger partial charge is 0.346 e. The molecular weight excluding hydrogens is 324 g/mol. The fraction of sp³-hybridized carbons (Fsp3) is 0.278. The van der Waals surface area contributed by atoms with Gasteiger partial charge in [-0.25, -0.2) is 8.42 Å². The molecule has 2 rings (SSSR count). The highest BCUT2D eigenvalue weighted by Gasteiger charge is 2.17. The van der Waals surface area contributed by atoms with Crippen molar-refractivity contribution in [2.75, 3.05) is 17.6 Å². The molecule has 0 aliphatic carbocycles. The summed E-state index contributed by atoms with van der Waals surface area (Å²) in [6, 6.07) is 14.6. The van der Waals surface area contributed by atoms with Crippen LogP contribution in [0.15, 0.2) is 48.5 Å². The van der Waals surface area contributed by atoms with Crippen LogP contribution >= 0.6 is 0 Å². The zero-order valence-electron chi connectivity index (χ0n) is 14.3. The molecular formula is C18H22N2O3S. The number of carbonyl (C=O) groups is 1. The standard InChI is InChI=1S/C18H22N2O3S/c1-13-12-16(10-11-17(13)20(3)24(4,22)23)18(21)19-14(2)15-8-6-5-7-9-15/h5-12,14H,1-4H3,(H,19,21)/t14-/m0/s1. The zero-order chi connectivity index (χ0) is 17.9. The first-order valence-electron chi connectivity index (χ1n) is 7.60. The van der Waals surface area contributed by atoms with Gasteiger partial charge in [0.05, 0.1) is 18.0 Å². The number of nitrogens with zero attached hydrogens (tertiary/aromatic N) is 1. The van der Waals surface area contributed by atoms with Crippen molar-refractivity contribution in [3.05, 3.63) is 65.2 Å². The summed E-state index contributed by atoms with van der Waals surface area (Å²) in [6.45, 7) is 3.71. The lowest BCUT2D eigenvalue weighted by atomic mass is 10.1. The number of benzene rings is 2. The van der Waals surface area contributed by atoms with Crippen molar-refractivity contribution in [3.63, 3.8) is 0 Å². The monoisotopic (exact) mass is 346 g/mol. The van der Waals surface area contributed by atoms with Crippen LogP contribution in [-0.4, -0.2) is 27.6 Å². The Hall–Kier alpha value is -2.34. The maximum absolute atomic E-state index is 12.4. The van der Waals surface area contributed by atoms with Gasteiger partial charge in [-0.05, 0) is 43.2 Å². The first-order valence-corrected chi connectivity index (χ1v) is 9.45. The third kappa shape index (κ3) is 4.14. The highest BCUT2D eigenvalue weighted by molar-refractivity contribution is 7.92. The molecule has 0 radical (unpaired) electrons. The molecule has 128 valence electrons. The molecule has 0 saturated carbocycles. The molecule has 0 aliphatic rings. The molecule has 1 N–H and O–H groups in total. The molecule has 0 saturated heterocycles. The maximum atomic E-state index is 12.4. The van der Waals surface area contributed by atoms with Crippen LogP contribution in [0.1, 0.15) is 34.5 Å². The van der Waals surface area contributed by atoms with Gasteiger partial charge in [0.2, 0.25) is 10.0 Å². The van der Waals surface area contributed by atoms with Gasteiger partial charge in [0, 0.05) is 12.6 Å². The summed E-state index contributed by atoms with van der Waals surface area (Å²) in [6.07, 6.45) is 1.15. The SMILES string of the molecule is Cc1cc(C(=O)N[C@@H](C)c2ccccc2)ccc1N(C)S(C)(=O)=O. The van der Waals surface area contributed by atoms with Crippen LogP contribution in [0.25, 0.3) is 0 Å². The van der Waals surface area contributed by atoms with E-state index < -0.39 is 10.0 Å². The summed E-state index contributed by atoms with van der Waals surface area (Å²) in [7, 11) is -1.84. The quantitative estimate of drug-likeness (QED) is 0.905. The molecule has 0 bridgehead atoms. The van der Waals surface area contributed by atoms with Crippen molar-refractivity contribution in [1.82, 2.24) is 5.32 Å². The fourth-order valence-electron chi connectivity index (χ4n) is 2.43. The van der Waals surface area contributed by atoms with Crippen molar-refractivity contribution in [2.45, 2.75) is 19.9 Å². The number of hydrogen-bond donors (Lipinski definition) is 1. The van der Waals surface area contributed by atoms with E-state index in [1.165, 1.54) is 11.4 Å². The summed E-state index contributed by atoms with van der Waals surface area (Å²) < 4.78 is 24.5. The van der Waals surface area contributed by atoms with E-state index in [9.17, 15) is 13.2 Å². The van der Waals surface area contributed by atoms with Gasteiger partial charge in [-0.1, -0.05) is 30.3 Å². The van der Waals surface area contributed by atoms with E-state index in [0.29, 0.717) is 11.3 Å². The number of anilines is 1. The molecule has 2 aromatic rings. The molecule has 0 unspecified atom stereocenters. The molecule has 5 nitrogen and oxygen atoms in total. The van der Waals surface area contributed by atoms with Crippen LogP contribution in [-0.2, 0) is 10.0 Å². The fourth-order valence-corrected chi connectivity index (χ4v) is 3.00. The van der Waals surface area contributed by atoms with Crippen molar-refractivity contribution in [3.8, 4) is 0 Å². The van der Waals surface area contributed by atoms with Crippen molar-refractivity contribution in [2.24, 2.45) is 0 Å². The predicted molar refractivity (Wildman–Crippen MR) is 96.7 cm³/mol. The van der Waals surface area contributed by atoms with Crippen molar-refractivity contribution < 1.29 is 13.2 Å². The molecule has 24 heavy (non-hydrogen) atoms. The average molecular weight is 346 g/mol. The first kappa shape index (κ1) is 18.0. The van der Waals surface area contributed by atoms with Gasteiger partial charge in [-0.2, -0.15) is 0 Å². The third-order valence-corrected chi connectivity index (χ3v) is 5.13. The number of amides is 1. The van der Waals surface area contributed by atoms with Gasteiger partial charge in [0.25, 0.3) is 5.91 Å². The van der Waals surface area contributed by atoms with Gasteiger partial charge in [-0.3, -0.25) is 9.10 Å². The summed E-state index contributed by atoms with van der Waals surface area (Å²) in [5.41, 5.74) is 2.81. The van der Waals surface area contributed by atoms with E-state index in [1.807, 2.05) is 37.3 Å². The lowest BCUT2D eigenvalue weighted by Crippen LogP contribution is -2.28. The molecule has 1 amide bonds. The minimum Gasteiger partial charge on any atom is -0.346 e. The summed E-state index contributed by atoms with van der Waals surface area (Å²) in [5.74, 6) is -0.192. The van der Waals surface area contributed by atoms with Crippen LogP contribution in [0.4, 0.5) is 5.69 Å². The van der Waals surface area contributed by atoms with Gasteiger partial charge in [0.1, 0.15) is 0 Å². The second kappa shape index (κ2) is 7.05. The summed E-state index contributed by atoms with van der Waals surface area (Å²) >= 11 is 0. The third-order valence-electron chi connectivity index (χ3n) is 3.94. The minimum absolute atomic E-state index is 0.114. The van der Waals surface area contributed by atoms with Crippen LogP contribution in [0.3, 0.4) is 0 Å². The molecule has 0 aliphatic heterocycles. The van der Waals surface area contributed by atoms with Crippen LogP contribution in [0.2, 0.25) is 0 Å². The first-order chi connectivity index (χ1) is 11.2. The highest BCUT2D eigenvalue weighted by atomic mass is 32.2. The smallest absolute Gasteiger partial charge is 0.251 e. The predicted octanol–water partition coefficient (Wildman–Crippen LogP) is 2.88. The lowest BCUT2D eigenvalue weighted by Gasteiger charge is -2.20. The van der Waals surface area contributed by atoms with Crippen LogP contribution in [0.5, 0.6) is 0 Å². The molecule has 2 aromatic carbocycles. The normalized spacial score (nSPS) is 12.5. The number of hydrogen-bond acceptors (Lipinski definition) is 3. The van der Waals surface area contributed by atoms with Crippen molar-refractivity contribution >= 4 is 21.6 Å². The van der Waals surface area contributed by atoms with E-state index in [0.717, 1.165) is 17.4 Å². The number of rotatable bonds is 5. The summed E-state index contributed by atoms with van der Waals surface area (Å²) in [4.78, 5) is 12.4. The van der Waals surface area contributed by atoms with Gasteiger partial charge in [-0.15, -0.1) is 0 Å². The highest BCUT2D eigenvalue weighted by Crippen LogP contribution is 2.22. The van der Waals surface area contributed by atoms with E-state index >= 15 is 0 Å². The molecule has 0 heterocycles. The Morgan fingerprint density at radius 1 is 1.12 bits per heavy atom. The Morgan fingerprint density at radius 3 is 2.29 bits per heavy atom. The van der Waals surface area contributed by atoms with E-state index in [4.69, 9.17) is 0 Å². The zero-order valence-corrected chi connectivity index (χ0v) is 15.1.